The number of hydrogen-bond donors (Lipinski definition) is 20. The van der Waals surface area contributed by atoms with Gasteiger partial charge in [-0.2, -0.15) is 11.8 Å². The lowest BCUT2D eigenvalue weighted by Crippen LogP contribution is -2.60. The van der Waals surface area contributed by atoms with Crippen molar-refractivity contribution in [1.82, 2.24) is 83.4 Å². The van der Waals surface area contributed by atoms with Crippen LogP contribution in [-0.2, 0) is 97.5 Å². The number of aliphatic hydroxyl groups is 1. The zero-order valence-electron chi connectivity index (χ0n) is 80.5. The summed E-state index contributed by atoms with van der Waals surface area (Å²) < 4.78 is 0. The molecule has 138 heavy (non-hydrogen) atoms. The van der Waals surface area contributed by atoms with Gasteiger partial charge in [-0.1, -0.05) is 98.8 Å². The number of thioether (sulfide) groups is 1. The van der Waals surface area contributed by atoms with Crippen molar-refractivity contribution in [2.45, 2.75) is 306 Å². The number of unbranched alkanes of at least 4 members (excludes halogenated alkanes) is 3. The molecular formula is C90H148ClN23O21S3. The molecule has 0 aliphatic carbocycles. The second-order valence-corrected chi connectivity index (χ2v) is 40.0. The number of aliphatic carboxylic acids is 1. The topological polar surface area (TPSA) is 691 Å². The van der Waals surface area contributed by atoms with Crippen molar-refractivity contribution < 1.29 is 101 Å². The predicted octanol–water partition coefficient (Wildman–Crippen LogP) is -2.10. The van der Waals surface area contributed by atoms with Crippen molar-refractivity contribution in [2.24, 2.45) is 57.1 Å². The number of carboxylic acids is 1. The molecule has 4 heterocycles. The summed E-state index contributed by atoms with van der Waals surface area (Å²) in [4.78, 5) is 276. The Morgan fingerprint density at radius 1 is 0.486 bits per heavy atom. The molecule has 0 saturated carbocycles. The first-order chi connectivity index (χ1) is 65.6. The second-order valence-electron chi connectivity index (χ2n) is 35.9. The minimum atomic E-state index is -1.54. The molecule has 4 saturated heterocycles. The molecule has 0 spiro atoms. The number of nitrogens with zero attached hydrogens (tertiary/aromatic N) is 5. The average Bonchev–Trinajstić information content (AvgIpc) is 1.60. The third kappa shape index (κ3) is 39.4. The van der Waals surface area contributed by atoms with Crippen molar-refractivity contribution in [1.29, 1.82) is 0 Å². The van der Waals surface area contributed by atoms with E-state index in [0.29, 0.717) is 74.1 Å². The number of carboxylic acid groups (broad SMARTS) is 1. The van der Waals surface area contributed by atoms with Crippen LogP contribution in [0.25, 0.3) is 0 Å². The number of amides is 18. The Morgan fingerprint density at radius 2 is 0.935 bits per heavy atom. The molecule has 44 nitrogen and oxygen atoms in total. The number of carbonyl (C=O) groups is 19. The van der Waals surface area contributed by atoms with E-state index in [9.17, 15) is 72.5 Å². The molecule has 1 aromatic carbocycles. The number of carbonyl (C=O) groups excluding carboxylic acids is 18. The van der Waals surface area contributed by atoms with Crippen LogP contribution in [0, 0.1) is 17.8 Å². The highest BCUT2D eigenvalue weighted by Crippen LogP contribution is 2.31. The zero-order valence-corrected chi connectivity index (χ0v) is 83.7. The lowest BCUT2D eigenvalue weighted by Gasteiger charge is -2.33. The average molecular weight is 2020 g/mol. The Labute approximate surface area is 823 Å². The zero-order chi connectivity index (χ0) is 102. The van der Waals surface area contributed by atoms with Crippen LogP contribution >= 0.6 is 45.0 Å². The maximum absolute atomic E-state index is 15.5. The van der Waals surface area contributed by atoms with E-state index in [-0.39, 0.29) is 184 Å². The first-order valence-electron chi connectivity index (χ1n) is 47.7. The summed E-state index contributed by atoms with van der Waals surface area (Å²) in [6.07, 6.45) is 5.62. The lowest BCUT2D eigenvalue weighted by molar-refractivity contribution is -0.148. The number of hydrogen-bond acceptors (Lipinski definition) is 26. The highest BCUT2D eigenvalue weighted by Gasteiger charge is 2.47. The molecule has 4 fully saturated rings. The van der Waals surface area contributed by atoms with Gasteiger partial charge in [0, 0.05) is 75.6 Å². The third-order valence-electron chi connectivity index (χ3n) is 24.3. The van der Waals surface area contributed by atoms with E-state index in [4.69, 9.17) is 46.0 Å². The molecule has 1 aromatic rings. The molecule has 5 rings (SSSR count). The van der Waals surface area contributed by atoms with Crippen LogP contribution in [-0.4, -0.2) is 321 Å². The van der Waals surface area contributed by atoms with Crippen molar-refractivity contribution in [3.05, 3.63) is 34.9 Å². The molecule has 0 radical (unpaired) electrons. The van der Waals surface area contributed by atoms with Crippen LogP contribution in [0.2, 0.25) is 5.02 Å². The van der Waals surface area contributed by atoms with E-state index in [0.717, 1.165) is 21.6 Å². The van der Waals surface area contributed by atoms with E-state index >= 15 is 28.8 Å². The van der Waals surface area contributed by atoms with E-state index < -0.39 is 222 Å². The maximum atomic E-state index is 15.5. The van der Waals surface area contributed by atoms with Crippen molar-refractivity contribution in [2.75, 3.05) is 82.5 Å². The summed E-state index contributed by atoms with van der Waals surface area (Å²) in [6.45, 7) is 11.2. The molecule has 18 amide bonds. The van der Waals surface area contributed by atoms with Gasteiger partial charge in [0.05, 0.1) is 12.5 Å². The normalized spacial score (nSPS) is 18.3. The Kier molecular flexibility index (Phi) is 53.0. The molecule has 4 aliphatic heterocycles. The SMILES string of the molecule is CCCC[C@H](NC(=O)[C@H](CCCCN)NC(=O)[C@H](CCCN=C(N)N)NC(=O)[C@H](CC(C)C)NC(=O)[C@H](CCSSC[C@H](CNC(=O)CCc1ccccc1Cl)C(=O)N[C@@H](CCCCN)C(=O)N1CCC[C@H]1C(=O)N1CCC[C@H]1C(=O)N[C@@H](CCC(=O)O)C(N)=O)NC(=O)[C@H](CCSC)NC(=O)[C@@H]1CCCN1C(=O)[C@@H](NC(C)=O)C(C)C)C(=O)N1CCC[C@H]1C(=O)NC(C)C(=O)N[C@@H](CO)C(N)=O. The van der Waals surface area contributed by atoms with Crippen LogP contribution in [0.1, 0.15) is 215 Å². The molecule has 774 valence electrons. The first kappa shape index (κ1) is 118. The van der Waals surface area contributed by atoms with Gasteiger partial charge in [0.1, 0.15) is 90.6 Å². The van der Waals surface area contributed by atoms with Crippen LogP contribution in [0.15, 0.2) is 29.3 Å². The number of nitrogens with two attached hydrogens (primary N) is 6. The molecule has 48 heteroatoms. The Bertz CT molecular complexity index is 4310. The number of aliphatic hydroxyl groups excluding tert-OH is 1. The molecule has 0 bridgehead atoms. The number of primary amides is 2. The summed E-state index contributed by atoms with van der Waals surface area (Å²) in [6, 6.07) is -12.1. The van der Waals surface area contributed by atoms with E-state index in [1.165, 1.54) is 45.2 Å². The third-order valence-corrected chi connectivity index (χ3v) is 27.8. The van der Waals surface area contributed by atoms with Gasteiger partial charge in [0.15, 0.2) is 5.96 Å². The summed E-state index contributed by atoms with van der Waals surface area (Å²) in [5, 5.41) is 52.0. The number of guanidine groups is 1. The molecule has 0 aromatic heterocycles. The second kappa shape index (κ2) is 61.9. The van der Waals surface area contributed by atoms with Crippen LogP contribution in [0.5, 0.6) is 0 Å². The minimum absolute atomic E-state index is 0.00698. The highest BCUT2D eigenvalue weighted by molar-refractivity contribution is 8.76. The summed E-state index contributed by atoms with van der Waals surface area (Å²) in [5.74, 6) is -16.3. The highest BCUT2D eigenvalue weighted by atomic mass is 35.5. The molecule has 1 unspecified atom stereocenters. The van der Waals surface area contributed by atoms with Gasteiger partial charge in [-0.05, 0) is 197 Å². The molecule has 26 N–H and O–H groups in total. The van der Waals surface area contributed by atoms with E-state index in [2.05, 4.69) is 68.8 Å². The Balaban J connectivity index is 1.50. The number of halogens is 1. The van der Waals surface area contributed by atoms with Crippen molar-refractivity contribution in [3.8, 4) is 0 Å². The fourth-order valence-corrected chi connectivity index (χ4v) is 19.7. The fourth-order valence-electron chi connectivity index (χ4n) is 16.6. The molecule has 4 aliphatic rings. The van der Waals surface area contributed by atoms with Gasteiger partial charge in [-0.3, -0.25) is 96.1 Å². The van der Waals surface area contributed by atoms with Gasteiger partial charge < -0.3 is 128 Å². The maximum Gasteiger partial charge on any atom is 0.303 e. The van der Waals surface area contributed by atoms with Gasteiger partial charge in [0.2, 0.25) is 106 Å². The molecule has 16 atom stereocenters. The van der Waals surface area contributed by atoms with Crippen molar-refractivity contribution >= 4 is 163 Å². The van der Waals surface area contributed by atoms with Crippen LogP contribution in [0.4, 0.5) is 0 Å². The van der Waals surface area contributed by atoms with Gasteiger partial charge >= 0.3 is 5.97 Å². The number of rotatable bonds is 63. The monoisotopic (exact) mass is 2020 g/mol. The van der Waals surface area contributed by atoms with E-state index in [1.807, 2.05) is 6.92 Å². The lowest BCUT2D eigenvalue weighted by atomic mass is 10.0. The number of aryl methyl sites for hydroxylation is 1. The van der Waals surface area contributed by atoms with Gasteiger partial charge in [0.25, 0.3) is 0 Å². The van der Waals surface area contributed by atoms with E-state index in [1.54, 1.807) is 58.2 Å². The smallest absolute Gasteiger partial charge is 0.303 e. The van der Waals surface area contributed by atoms with Gasteiger partial charge in [-0.25, -0.2) is 0 Å². The summed E-state index contributed by atoms with van der Waals surface area (Å²) >= 11 is 7.82. The number of likely N-dealkylation sites (tertiary alicyclic amines) is 4. The first-order valence-corrected chi connectivity index (χ1v) is 52.0. The van der Waals surface area contributed by atoms with Crippen molar-refractivity contribution in [3.63, 3.8) is 0 Å². The number of nitrogens with one attached hydrogen (secondary N) is 12. The Morgan fingerprint density at radius 3 is 1.44 bits per heavy atom. The standard InChI is InChI=1S/C90H148ClN23O21S3/c1-9-10-24-63(86(132)111-41-18-28-67(111)83(129)100-53(6)76(122)110-66(49-115)75(95)121)108-79(125)59(25-13-15-38-92)103-78(124)60(27-17-40-98-90(96)97)104-82(128)65(47-51(2)3)109-81(127)62(105-80(126)61(36-45-136-8)106-85(131)69-30-20-43-113(69)89(135)73(52(4)5)101-54(7)116)37-46-137-138-50-56(48-99-71(117)34-32-55-22-11-12-23-57(55)91)77(123)107-64(26-14-16-39-93)87(133)114-44-21-31-70(114)88(134)112-42-19-29-68(112)84(130)102-58(74(94)120)33-35-72(118)119/h11-12,22-23,51-53,56,58-70,73,115H,9-10,13-21,24-50,92-93H2,1-8H3,(H2,94,120)(H2,95,121)(H,99,117)(H,100,129)(H,101,116)(H,102,130)(H,103,124)(H,104,128)(H,105,126)(H,106,131)(H,107,123)(H,108,125)(H,109,127)(H,110,122)(H,118,119)(H4,96,97,98)/t53?,56-,58-,59-,60-,61-,62-,63-,64-,65-,66-,67-,68-,69-,70-,73-/m0/s1. The van der Waals surface area contributed by atoms with Crippen LogP contribution in [0.3, 0.4) is 0 Å². The Hall–Kier alpha value is -10.4. The predicted molar refractivity (Wildman–Crippen MR) is 522 cm³/mol. The quantitative estimate of drug-likeness (QED) is 0.0144. The summed E-state index contributed by atoms with van der Waals surface area (Å²) in [7, 11) is 2.28. The largest absolute Gasteiger partial charge is 0.481 e. The molecular weight excluding hydrogens is 1870 g/mol. The number of benzene rings is 1. The van der Waals surface area contributed by atoms with Crippen LogP contribution < -0.4 is 98.2 Å². The minimum Gasteiger partial charge on any atom is -0.481 e. The number of aliphatic imine (C=N–C) groups is 1. The fraction of sp³-hybridized carbons (Fsp3) is 0.711. The van der Waals surface area contributed by atoms with Gasteiger partial charge in [-0.15, -0.1) is 0 Å². The summed E-state index contributed by atoms with van der Waals surface area (Å²) in [5.41, 5.74) is 34.8.